The molecule has 182 valence electrons. The molecule has 0 aromatic rings. The van der Waals surface area contributed by atoms with E-state index in [1.807, 2.05) is 13.8 Å². The molecule has 0 aromatic carbocycles. The molecule has 0 radical (unpaired) electrons. The molecule has 1 atom stereocenters. The van der Waals surface area contributed by atoms with E-state index in [4.69, 9.17) is 18.9 Å². The molecule has 0 rings (SSSR count). The number of hydrogen-bond acceptors (Lipinski definition) is 6. The van der Waals surface area contributed by atoms with Crippen LogP contribution < -0.4 is 10.6 Å². The molecule has 30 heavy (non-hydrogen) atoms. The van der Waals surface area contributed by atoms with Crippen LogP contribution in [0.25, 0.3) is 0 Å². The van der Waals surface area contributed by atoms with E-state index < -0.39 is 0 Å². The van der Waals surface area contributed by atoms with Crippen LogP contribution in [0.4, 0.5) is 0 Å². The standard InChI is InChI=1S/C21H44N2O5.C2H6/c1-5-6-7-9-23-21(24)8-11-25-13-15-27-17-18-28-16-14-26-12-10-22-20(4)19(2)3;1-2/h19-20,22H,5-18H2,1-4H3,(H,23,24);1-2H3. The molecular weight excluding hydrogens is 384 g/mol. The Labute approximate surface area is 185 Å². The highest BCUT2D eigenvalue weighted by atomic mass is 16.6. The summed E-state index contributed by atoms with van der Waals surface area (Å²) in [6.45, 7) is 18.8. The van der Waals surface area contributed by atoms with Gasteiger partial charge in [0.1, 0.15) is 0 Å². The summed E-state index contributed by atoms with van der Waals surface area (Å²) in [5, 5.41) is 6.31. The minimum atomic E-state index is 0.0536. The van der Waals surface area contributed by atoms with Crippen molar-refractivity contribution in [3.05, 3.63) is 0 Å². The van der Waals surface area contributed by atoms with Crippen LogP contribution >= 0.6 is 0 Å². The highest BCUT2D eigenvalue weighted by Crippen LogP contribution is 1.98. The van der Waals surface area contributed by atoms with Gasteiger partial charge >= 0.3 is 0 Å². The van der Waals surface area contributed by atoms with E-state index in [1.54, 1.807) is 0 Å². The molecule has 0 aliphatic rings. The first-order valence-electron chi connectivity index (χ1n) is 11.9. The number of ether oxygens (including phenoxy) is 4. The zero-order valence-electron chi connectivity index (χ0n) is 20.6. The summed E-state index contributed by atoms with van der Waals surface area (Å²) in [5.41, 5.74) is 0. The quantitative estimate of drug-likeness (QED) is 0.270. The van der Waals surface area contributed by atoms with Crippen molar-refractivity contribution in [3.8, 4) is 0 Å². The Morgan fingerprint density at radius 2 is 1.23 bits per heavy atom. The van der Waals surface area contributed by atoms with Crippen LogP contribution in [0.2, 0.25) is 0 Å². The van der Waals surface area contributed by atoms with Crippen molar-refractivity contribution in [2.75, 3.05) is 65.9 Å². The molecule has 1 amide bonds. The molecule has 0 fully saturated rings. The van der Waals surface area contributed by atoms with Gasteiger partial charge in [-0.05, 0) is 19.3 Å². The Balaban J connectivity index is 0. The van der Waals surface area contributed by atoms with Crippen molar-refractivity contribution in [1.29, 1.82) is 0 Å². The van der Waals surface area contributed by atoms with Crippen LogP contribution in [0.5, 0.6) is 0 Å². The van der Waals surface area contributed by atoms with Crippen molar-refractivity contribution in [1.82, 2.24) is 10.6 Å². The second-order valence-electron chi connectivity index (χ2n) is 7.24. The van der Waals surface area contributed by atoms with Crippen LogP contribution in [-0.4, -0.2) is 77.9 Å². The fourth-order valence-corrected chi connectivity index (χ4v) is 2.21. The van der Waals surface area contributed by atoms with Crippen LogP contribution in [0.3, 0.4) is 0 Å². The highest BCUT2D eigenvalue weighted by Gasteiger charge is 2.04. The molecule has 1 unspecified atom stereocenters. The van der Waals surface area contributed by atoms with E-state index in [0.717, 1.165) is 32.4 Å². The third-order valence-electron chi connectivity index (χ3n) is 4.40. The average molecular weight is 435 g/mol. The molecule has 0 heterocycles. The van der Waals surface area contributed by atoms with E-state index in [2.05, 4.69) is 38.3 Å². The van der Waals surface area contributed by atoms with Crippen molar-refractivity contribution in [2.24, 2.45) is 5.92 Å². The smallest absolute Gasteiger partial charge is 0.222 e. The average Bonchev–Trinajstić information content (AvgIpc) is 2.75. The second kappa shape index (κ2) is 26.3. The van der Waals surface area contributed by atoms with Gasteiger partial charge < -0.3 is 29.6 Å². The topological polar surface area (TPSA) is 78.1 Å². The molecule has 0 aliphatic carbocycles. The minimum Gasteiger partial charge on any atom is -0.379 e. The molecule has 0 aliphatic heterocycles. The highest BCUT2D eigenvalue weighted by molar-refractivity contribution is 5.75. The van der Waals surface area contributed by atoms with E-state index >= 15 is 0 Å². The largest absolute Gasteiger partial charge is 0.379 e. The molecule has 0 bridgehead atoms. The van der Waals surface area contributed by atoms with E-state index in [1.165, 1.54) is 0 Å². The number of unbranched alkanes of at least 4 members (excludes halogenated alkanes) is 2. The lowest BCUT2D eigenvalue weighted by molar-refractivity contribution is -0.122. The number of hydrogen-bond donors (Lipinski definition) is 2. The first kappa shape index (κ1) is 31.5. The Hall–Kier alpha value is -0.730. The maximum absolute atomic E-state index is 11.5. The normalized spacial score (nSPS) is 11.8. The predicted molar refractivity (Wildman–Crippen MR) is 124 cm³/mol. The van der Waals surface area contributed by atoms with Crippen LogP contribution in [0.15, 0.2) is 0 Å². The van der Waals surface area contributed by atoms with Gasteiger partial charge in [0.2, 0.25) is 5.91 Å². The first-order chi connectivity index (χ1) is 14.6. The van der Waals surface area contributed by atoms with Crippen LogP contribution in [0, 0.1) is 5.92 Å². The fourth-order valence-electron chi connectivity index (χ4n) is 2.21. The van der Waals surface area contributed by atoms with Crippen molar-refractivity contribution in [2.45, 2.75) is 73.3 Å². The van der Waals surface area contributed by atoms with Crippen LogP contribution in [0.1, 0.15) is 67.2 Å². The SMILES string of the molecule is CC.CCCCCNC(=O)CCOCCOCCOCCOCCNC(C)C(C)C. The van der Waals surface area contributed by atoms with E-state index in [9.17, 15) is 4.79 Å². The maximum Gasteiger partial charge on any atom is 0.222 e. The summed E-state index contributed by atoms with van der Waals surface area (Å²) < 4.78 is 21.8. The second-order valence-corrected chi connectivity index (χ2v) is 7.24. The lowest BCUT2D eigenvalue weighted by atomic mass is 10.1. The fraction of sp³-hybridized carbons (Fsp3) is 0.957. The molecule has 0 saturated heterocycles. The minimum absolute atomic E-state index is 0.0536. The van der Waals surface area contributed by atoms with Gasteiger partial charge in [-0.3, -0.25) is 4.79 Å². The number of amides is 1. The van der Waals surface area contributed by atoms with Gasteiger partial charge in [0.05, 0.1) is 52.9 Å². The van der Waals surface area contributed by atoms with Gasteiger partial charge in [0.15, 0.2) is 0 Å². The number of carbonyl (C=O) groups is 1. The summed E-state index contributed by atoms with van der Waals surface area (Å²) in [7, 11) is 0. The van der Waals surface area contributed by atoms with Gasteiger partial charge in [-0.2, -0.15) is 0 Å². The zero-order valence-corrected chi connectivity index (χ0v) is 20.6. The van der Waals surface area contributed by atoms with Gasteiger partial charge in [0.25, 0.3) is 0 Å². The first-order valence-corrected chi connectivity index (χ1v) is 11.9. The number of nitrogens with one attached hydrogen (secondary N) is 2. The Bertz CT molecular complexity index is 344. The summed E-state index contributed by atoms with van der Waals surface area (Å²) in [6.07, 6.45) is 3.76. The summed E-state index contributed by atoms with van der Waals surface area (Å²) in [4.78, 5) is 11.5. The van der Waals surface area contributed by atoms with Gasteiger partial charge in [0, 0.05) is 25.6 Å². The summed E-state index contributed by atoms with van der Waals surface area (Å²) in [6, 6.07) is 0.508. The lowest BCUT2D eigenvalue weighted by Crippen LogP contribution is -2.33. The number of rotatable bonds is 21. The number of carbonyl (C=O) groups excluding carboxylic acids is 1. The third-order valence-corrected chi connectivity index (χ3v) is 4.40. The monoisotopic (exact) mass is 434 g/mol. The maximum atomic E-state index is 11.5. The third kappa shape index (κ3) is 25.3. The van der Waals surface area contributed by atoms with Crippen molar-refractivity contribution >= 4 is 5.91 Å². The molecule has 0 spiro atoms. The zero-order chi connectivity index (χ0) is 22.9. The molecule has 0 aromatic heterocycles. The van der Waals surface area contributed by atoms with E-state index in [-0.39, 0.29) is 5.91 Å². The molecule has 0 saturated carbocycles. The Morgan fingerprint density at radius 3 is 1.73 bits per heavy atom. The predicted octanol–water partition coefficient (Wildman–Crippen LogP) is 3.41. The van der Waals surface area contributed by atoms with Gasteiger partial charge in [-0.1, -0.05) is 47.5 Å². The van der Waals surface area contributed by atoms with E-state index in [0.29, 0.717) is 71.2 Å². The van der Waals surface area contributed by atoms with Crippen LogP contribution in [-0.2, 0) is 23.7 Å². The van der Waals surface area contributed by atoms with Gasteiger partial charge in [-0.25, -0.2) is 0 Å². The lowest BCUT2D eigenvalue weighted by Gasteiger charge is -2.17. The summed E-state index contributed by atoms with van der Waals surface area (Å²) >= 11 is 0. The van der Waals surface area contributed by atoms with Gasteiger partial charge in [-0.15, -0.1) is 0 Å². The Morgan fingerprint density at radius 1 is 0.733 bits per heavy atom. The summed E-state index contributed by atoms with van der Waals surface area (Å²) in [5.74, 6) is 0.686. The van der Waals surface area contributed by atoms with Crippen molar-refractivity contribution < 1.29 is 23.7 Å². The molecule has 2 N–H and O–H groups in total. The molecule has 7 heteroatoms. The molecular formula is C23H50N2O5. The Kier molecular flexibility index (Phi) is 27.6. The molecule has 7 nitrogen and oxygen atoms in total. The van der Waals surface area contributed by atoms with Crippen molar-refractivity contribution in [3.63, 3.8) is 0 Å².